The largest absolute Gasteiger partial charge is 0.359 e. The number of alkyl halides is 1. The van der Waals surface area contributed by atoms with E-state index in [1.807, 2.05) is 19.1 Å². The Bertz CT molecular complexity index is 1130. The summed E-state index contributed by atoms with van der Waals surface area (Å²) in [5.41, 5.74) is 4.29. The molecule has 3 unspecified atom stereocenters. The maximum Gasteiger partial charge on any atom is 0.163 e. The highest BCUT2D eigenvalue weighted by atomic mass is 79.9. The molecule has 2 aromatic heterocycles. The molecule has 0 saturated heterocycles. The fourth-order valence-corrected chi connectivity index (χ4v) is 5.52. The first-order valence-corrected chi connectivity index (χ1v) is 15.9. The van der Waals surface area contributed by atoms with Crippen molar-refractivity contribution in [3.8, 4) is 0 Å². The number of aryl methyl sites for hydroxylation is 2. The highest BCUT2D eigenvalue weighted by Gasteiger charge is 2.36. The van der Waals surface area contributed by atoms with Gasteiger partial charge in [-0.15, -0.1) is 10.2 Å². The summed E-state index contributed by atoms with van der Waals surface area (Å²) in [6, 6.07) is 11.4. The summed E-state index contributed by atoms with van der Waals surface area (Å²) in [5.74, 6) is 0.884. The number of benzene rings is 1. The fraction of sp³-hybridized carbons (Fsp3) is 0.417. The maximum atomic E-state index is 6.59. The molecule has 1 aliphatic heterocycles. The van der Waals surface area contributed by atoms with E-state index < -0.39 is 8.07 Å². The Morgan fingerprint density at radius 1 is 1.12 bits per heavy atom. The predicted octanol–water partition coefficient (Wildman–Crippen LogP) is 6.69. The molecule has 3 heterocycles. The van der Waals surface area contributed by atoms with E-state index >= 15 is 0 Å². The van der Waals surface area contributed by atoms with Gasteiger partial charge in [0.1, 0.15) is 12.1 Å². The lowest BCUT2D eigenvalue weighted by Gasteiger charge is -2.36. The number of pyridine rings is 1. The molecule has 0 radical (unpaired) electrons. The molecule has 4 rings (SSSR count). The summed E-state index contributed by atoms with van der Waals surface area (Å²) in [5, 5.41) is 9.29. The van der Waals surface area contributed by atoms with E-state index in [1.54, 1.807) is 0 Å². The molecule has 170 valence electrons. The molecule has 5 nitrogen and oxygen atoms in total. The van der Waals surface area contributed by atoms with E-state index in [4.69, 9.17) is 16.3 Å². The second-order valence-corrected chi connectivity index (χ2v) is 16.6. The summed E-state index contributed by atoms with van der Waals surface area (Å²) < 4.78 is 8.66. The van der Waals surface area contributed by atoms with Crippen LogP contribution in [0.4, 0.5) is 0 Å². The number of ether oxygens (including phenoxy) is 1. The average Bonchev–Trinajstić information content (AvgIpc) is 3.29. The van der Waals surface area contributed by atoms with Crippen LogP contribution in [0.15, 0.2) is 48.7 Å². The third-order valence-corrected chi connectivity index (χ3v) is 8.57. The first kappa shape index (κ1) is 23.6. The molecule has 8 heteroatoms. The van der Waals surface area contributed by atoms with Gasteiger partial charge >= 0.3 is 0 Å². The third-order valence-electron chi connectivity index (χ3n) is 5.83. The van der Waals surface area contributed by atoms with Gasteiger partial charge in [-0.05, 0) is 54.8 Å². The van der Waals surface area contributed by atoms with Gasteiger partial charge in [0.15, 0.2) is 5.65 Å². The number of hydrogen-bond acceptors (Lipinski definition) is 4. The lowest BCUT2D eigenvalue weighted by molar-refractivity contribution is -0.0655. The molecule has 0 spiro atoms. The van der Waals surface area contributed by atoms with Crippen molar-refractivity contribution in [2.24, 2.45) is 0 Å². The standard InChI is InChI=1S/C24H30BrClN4OSi/c1-16-14-19(15-29-17(2)27-28-23(16)29)21-10-11-22(25)30(21)24(31-12-13-32(3,4)5)18-6-8-20(26)9-7-18/h6-11,14-15,21-22,24H,12-13H2,1-5H3. The minimum Gasteiger partial charge on any atom is -0.359 e. The van der Waals surface area contributed by atoms with Crippen molar-refractivity contribution < 1.29 is 4.74 Å². The van der Waals surface area contributed by atoms with Crippen LogP contribution in [0.3, 0.4) is 0 Å². The van der Waals surface area contributed by atoms with Crippen LogP contribution in [0.2, 0.25) is 30.7 Å². The molecule has 1 aromatic carbocycles. The van der Waals surface area contributed by atoms with Crippen molar-refractivity contribution in [2.75, 3.05) is 6.61 Å². The number of hydrogen-bond donors (Lipinski definition) is 0. The minimum absolute atomic E-state index is 0.0526. The molecule has 1 aliphatic rings. The van der Waals surface area contributed by atoms with E-state index in [0.29, 0.717) is 0 Å². The summed E-state index contributed by atoms with van der Waals surface area (Å²) in [6.07, 6.45) is 6.37. The Hall–Kier alpha value is -1.51. The highest BCUT2D eigenvalue weighted by molar-refractivity contribution is 9.09. The van der Waals surface area contributed by atoms with Crippen molar-refractivity contribution >= 4 is 41.3 Å². The van der Waals surface area contributed by atoms with Crippen LogP contribution in [0.25, 0.3) is 5.65 Å². The van der Waals surface area contributed by atoms with Gasteiger partial charge in [0, 0.05) is 25.9 Å². The van der Waals surface area contributed by atoms with Crippen molar-refractivity contribution in [1.29, 1.82) is 0 Å². The van der Waals surface area contributed by atoms with Gasteiger partial charge in [-0.25, -0.2) is 4.90 Å². The highest BCUT2D eigenvalue weighted by Crippen LogP contribution is 2.41. The smallest absolute Gasteiger partial charge is 0.163 e. The zero-order chi connectivity index (χ0) is 23.0. The Kier molecular flexibility index (Phi) is 6.93. The van der Waals surface area contributed by atoms with E-state index in [-0.39, 0.29) is 17.2 Å². The lowest BCUT2D eigenvalue weighted by atomic mass is 10.1. The number of nitrogens with zero attached hydrogens (tertiary/aromatic N) is 4. The quantitative estimate of drug-likeness (QED) is 0.147. The molecule has 0 fully saturated rings. The van der Waals surface area contributed by atoms with Crippen LogP contribution < -0.4 is 0 Å². The predicted molar refractivity (Wildman–Crippen MR) is 137 cm³/mol. The van der Waals surface area contributed by atoms with Gasteiger partial charge in [0.05, 0.1) is 11.0 Å². The van der Waals surface area contributed by atoms with Gasteiger partial charge in [-0.3, -0.25) is 4.40 Å². The van der Waals surface area contributed by atoms with Crippen molar-refractivity contribution in [2.45, 2.75) is 56.8 Å². The van der Waals surface area contributed by atoms with Crippen molar-refractivity contribution in [3.63, 3.8) is 0 Å². The fourth-order valence-electron chi connectivity index (χ4n) is 4.02. The second kappa shape index (κ2) is 9.39. The number of fused-ring (bicyclic) bond motifs is 1. The van der Waals surface area contributed by atoms with Crippen LogP contribution >= 0.6 is 27.5 Å². The Labute approximate surface area is 204 Å². The van der Waals surface area contributed by atoms with Crippen LogP contribution in [0, 0.1) is 13.8 Å². The molecule has 0 amide bonds. The summed E-state index contributed by atoms with van der Waals surface area (Å²) in [7, 11) is -1.22. The number of aromatic nitrogens is 3. The molecule has 0 aliphatic carbocycles. The summed E-state index contributed by atoms with van der Waals surface area (Å²) in [4.78, 5) is 2.42. The van der Waals surface area contributed by atoms with Crippen molar-refractivity contribution in [1.82, 2.24) is 19.5 Å². The summed E-state index contributed by atoms with van der Waals surface area (Å²) in [6.45, 7) is 11.9. The molecule has 32 heavy (non-hydrogen) atoms. The first-order chi connectivity index (χ1) is 15.1. The molecular formula is C24H30BrClN4OSi. The minimum atomic E-state index is -1.22. The zero-order valence-corrected chi connectivity index (χ0v) is 22.6. The molecule has 3 atom stereocenters. The molecule has 0 bridgehead atoms. The van der Waals surface area contributed by atoms with Gasteiger partial charge < -0.3 is 4.74 Å². The van der Waals surface area contributed by atoms with E-state index in [1.165, 1.54) is 5.56 Å². The van der Waals surface area contributed by atoms with Crippen molar-refractivity contribution in [3.05, 3.63) is 76.2 Å². The SMILES string of the molecule is Cc1cc(C2C=CC(Br)N2C(OCC[Si](C)(C)C)c2ccc(Cl)cc2)cn2c(C)nnc12. The lowest BCUT2D eigenvalue weighted by Crippen LogP contribution is -2.35. The van der Waals surface area contributed by atoms with Gasteiger partial charge in [-0.2, -0.15) is 0 Å². The van der Waals surface area contributed by atoms with Crippen LogP contribution in [-0.2, 0) is 4.74 Å². The monoisotopic (exact) mass is 532 g/mol. The Balaban J connectivity index is 1.71. The third kappa shape index (κ3) is 5.02. The van der Waals surface area contributed by atoms with E-state index in [9.17, 15) is 0 Å². The molecule has 0 saturated carbocycles. The maximum absolute atomic E-state index is 6.59. The number of rotatable bonds is 7. The number of halogens is 2. The van der Waals surface area contributed by atoms with Gasteiger partial charge in [-0.1, -0.05) is 71.5 Å². The van der Waals surface area contributed by atoms with E-state index in [2.05, 4.69) is 98.5 Å². The van der Waals surface area contributed by atoms with Gasteiger partial charge in [0.2, 0.25) is 0 Å². The van der Waals surface area contributed by atoms with Crippen LogP contribution in [0.1, 0.15) is 34.8 Å². The normalized spacial score (nSPS) is 20.3. The summed E-state index contributed by atoms with van der Waals surface area (Å²) >= 11 is 10.1. The second-order valence-electron chi connectivity index (χ2n) is 9.63. The first-order valence-electron chi connectivity index (χ1n) is 10.9. The van der Waals surface area contributed by atoms with E-state index in [0.717, 1.165) is 40.3 Å². The topological polar surface area (TPSA) is 42.7 Å². The molecule has 3 aromatic rings. The zero-order valence-electron chi connectivity index (χ0n) is 19.2. The van der Waals surface area contributed by atoms with Crippen LogP contribution in [-0.4, -0.2) is 39.1 Å². The molecular weight excluding hydrogens is 504 g/mol. The van der Waals surface area contributed by atoms with Crippen LogP contribution in [0.5, 0.6) is 0 Å². The molecule has 0 N–H and O–H groups in total. The Morgan fingerprint density at radius 3 is 2.53 bits per heavy atom. The van der Waals surface area contributed by atoms with Gasteiger partial charge in [0.25, 0.3) is 0 Å². The average molecular weight is 534 g/mol. The Morgan fingerprint density at radius 2 is 1.84 bits per heavy atom.